The fourth-order valence-electron chi connectivity index (χ4n) is 2.50. The Bertz CT molecular complexity index is 694. The number of imide groups is 1. The average Bonchev–Trinajstić information content (AvgIpc) is 2.69. The zero-order chi connectivity index (χ0) is 14.4. The molecule has 0 spiro atoms. The number of halogens is 1. The fraction of sp³-hybridized carbons (Fsp3) is 0.125. The molecule has 0 radical (unpaired) electrons. The van der Waals surface area contributed by atoms with Crippen molar-refractivity contribution < 1.29 is 9.59 Å². The van der Waals surface area contributed by atoms with Gasteiger partial charge < -0.3 is 0 Å². The Labute approximate surface area is 130 Å². The van der Waals surface area contributed by atoms with Crippen LogP contribution in [-0.2, 0) is 0 Å². The molecule has 2 aromatic carbocycles. The van der Waals surface area contributed by atoms with Crippen molar-refractivity contribution in [2.24, 2.45) is 0 Å². The van der Waals surface area contributed by atoms with Crippen LogP contribution in [0.1, 0.15) is 31.8 Å². The van der Waals surface area contributed by atoms with Crippen molar-refractivity contribution in [3.05, 3.63) is 62.2 Å². The molecule has 100 valence electrons. The minimum absolute atomic E-state index is 0.229. The molecule has 1 heterocycles. The van der Waals surface area contributed by atoms with Gasteiger partial charge in [-0.15, -0.1) is 0 Å². The zero-order valence-electron chi connectivity index (χ0n) is 11.1. The summed E-state index contributed by atoms with van der Waals surface area (Å²) < 4.78 is 1.07. The first-order valence-corrected chi connectivity index (χ1v) is 7.33. The average molecular weight is 377 g/mol. The molecule has 0 bridgehead atoms. The summed E-state index contributed by atoms with van der Waals surface area (Å²) >= 11 is 2.19. The predicted molar refractivity (Wildman–Crippen MR) is 86.2 cm³/mol. The molecular formula is C16H12INO2. The van der Waals surface area contributed by atoms with Crippen LogP contribution in [-0.4, -0.2) is 11.8 Å². The molecular weight excluding hydrogens is 365 g/mol. The molecule has 3 rings (SSSR count). The number of anilines is 1. The Morgan fingerprint density at radius 1 is 0.800 bits per heavy atom. The van der Waals surface area contributed by atoms with Crippen molar-refractivity contribution in [3.63, 3.8) is 0 Å². The maximum Gasteiger partial charge on any atom is 0.266 e. The lowest BCUT2D eigenvalue weighted by Crippen LogP contribution is -2.29. The number of hydrogen-bond acceptors (Lipinski definition) is 2. The van der Waals surface area contributed by atoms with E-state index in [0.29, 0.717) is 16.8 Å². The second-order valence-electron chi connectivity index (χ2n) is 4.87. The van der Waals surface area contributed by atoms with E-state index in [9.17, 15) is 9.59 Å². The van der Waals surface area contributed by atoms with Gasteiger partial charge in [0.15, 0.2) is 0 Å². The van der Waals surface area contributed by atoms with Crippen LogP contribution in [0.2, 0.25) is 0 Å². The van der Waals surface area contributed by atoms with Gasteiger partial charge >= 0.3 is 0 Å². The van der Waals surface area contributed by atoms with Gasteiger partial charge in [0.1, 0.15) is 0 Å². The normalized spacial score (nSPS) is 13.8. The molecule has 0 aliphatic carbocycles. The van der Waals surface area contributed by atoms with Crippen molar-refractivity contribution in [1.82, 2.24) is 0 Å². The van der Waals surface area contributed by atoms with Crippen molar-refractivity contribution in [3.8, 4) is 0 Å². The number of carbonyl (C=O) groups is 2. The smallest absolute Gasteiger partial charge is 0.266 e. The third kappa shape index (κ3) is 1.86. The summed E-state index contributed by atoms with van der Waals surface area (Å²) in [6.07, 6.45) is 0. The summed E-state index contributed by atoms with van der Waals surface area (Å²) in [4.78, 5) is 26.4. The van der Waals surface area contributed by atoms with Gasteiger partial charge in [-0.25, -0.2) is 4.90 Å². The molecule has 4 heteroatoms. The maximum atomic E-state index is 12.6. The number of aryl methyl sites for hydroxylation is 2. The van der Waals surface area contributed by atoms with Crippen LogP contribution < -0.4 is 4.90 Å². The molecule has 2 aromatic rings. The van der Waals surface area contributed by atoms with Crippen molar-refractivity contribution in [2.45, 2.75) is 13.8 Å². The van der Waals surface area contributed by atoms with Gasteiger partial charge in [0.25, 0.3) is 11.8 Å². The largest absolute Gasteiger partial charge is 0.268 e. The number of amides is 2. The summed E-state index contributed by atoms with van der Waals surface area (Å²) in [5.41, 5.74) is 3.38. The highest BCUT2D eigenvalue weighted by Gasteiger charge is 2.38. The number of carbonyl (C=O) groups excluding carboxylic acids is 2. The molecule has 1 aliphatic rings. The third-order valence-electron chi connectivity index (χ3n) is 3.54. The Kier molecular flexibility index (Phi) is 3.12. The number of hydrogen-bond donors (Lipinski definition) is 0. The Balaban J connectivity index is 2.17. The summed E-state index contributed by atoms with van der Waals surface area (Å²) in [6.45, 7) is 3.72. The van der Waals surface area contributed by atoms with Gasteiger partial charge in [-0.1, -0.05) is 12.1 Å². The standard InChI is InChI=1S/C16H12INO2/c1-9-3-4-10(2)14-13(9)15(19)18(16(14)20)12-7-5-11(17)6-8-12/h3-8H,1-2H3. The zero-order valence-corrected chi connectivity index (χ0v) is 13.3. The quantitative estimate of drug-likeness (QED) is 0.561. The lowest BCUT2D eigenvalue weighted by atomic mass is 9.99. The van der Waals surface area contributed by atoms with Crippen LogP contribution in [0.3, 0.4) is 0 Å². The highest BCUT2D eigenvalue weighted by molar-refractivity contribution is 14.1. The van der Waals surface area contributed by atoms with Gasteiger partial charge in [0.05, 0.1) is 16.8 Å². The minimum Gasteiger partial charge on any atom is -0.268 e. The fourth-order valence-corrected chi connectivity index (χ4v) is 2.86. The maximum absolute atomic E-state index is 12.6. The van der Waals surface area contributed by atoms with Gasteiger partial charge in [-0.05, 0) is 71.8 Å². The van der Waals surface area contributed by atoms with Gasteiger partial charge in [-0.2, -0.15) is 0 Å². The lowest BCUT2D eigenvalue weighted by molar-refractivity contribution is 0.0926. The highest BCUT2D eigenvalue weighted by atomic mass is 127. The van der Waals surface area contributed by atoms with E-state index in [0.717, 1.165) is 14.7 Å². The van der Waals surface area contributed by atoms with Gasteiger partial charge in [0.2, 0.25) is 0 Å². The molecule has 20 heavy (non-hydrogen) atoms. The van der Waals surface area contributed by atoms with Crippen LogP contribution in [0, 0.1) is 17.4 Å². The Hall–Kier alpha value is -1.69. The topological polar surface area (TPSA) is 37.4 Å². The molecule has 0 fully saturated rings. The minimum atomic E-state index is -0.229. The summed E-state index contributed by atoms with van der Waals surface area (Å²) in [5.74, 6) is -0.459. The van der Waals surface area contributed by atoms with E-state index in [2.05, 4.69) is 22.6 Å². The van der Waals surface area contributed by atoms with E-state index < -0.39 is 0 Å². The molecule has 0 saturated heterocycles. The first-order chi connectivity index (χ1) is 9.50. The third-order valence-corrected chi connectivity index (χ3v) is 4.26. The van der Waals surface area contributed by atoms with E-state index in [1.54, 1.807) is 12.1 Å². The molecule has 0 unspecified atom stereocenters. The number of nitrogens with zero attached hydrogens (tertiary/aromatic N) is 1. The highest BCUT2D eigenvalue weighted by Crippen LogP contribution is 2.32. The number of fused-ring (bicyclic) bond motifs is 1. The van der Waals surface area contributed by atoms with Crippen LogP contribution in [0.25, 0.3) is 0 Å². The molecule has 1 aliphatic heterocycles. The van der Waals surface area contributed by atoms with E-state index in [1.165, 1.54) is 4.90 Å². The van der Waals surface area contributed by atoms with Crippen LogP contribution in [0.5, 0.6) is 0 Å². The first kappa shape index (κ1) is 13.3. The van der Waals surface area contributed by atoms with Crippen molar-refractivity contribution in [1.29, 1.82) is 0 Å². The van der Waals surface area contributed by atoms with Gasteiger partial charge in [0, 0.05) is 3.57 Å². The Morgan fingerprint density at radius 2 is 1.25 bits per heavy atom. The number of rotatable bonds is 1. The summed E-state index contributed by atoms with van der Waals surface area (Å²) in [7, 11) is 0. The van der Waals surface area contributed by atoms with E-state index in [1.807, 2.05) is 38.1 Å². The van der Waals surface area contributed by atoms with E-state index in [-0.39, 0.29) is 11.8 Å². The van der Waals surface area contributed by atoms with Gasteiger partial charge in [-0.3, -0.25) is 9.59 Å². The summed E-state index contributed by atoms with van der Waals surface area (Å²) in [5, 5.41) is 0. The molecule has 0 saturated carbocycles. The lowest BCUT2D eigenvalue weighted by Gasteiger charge is -2.13. The van der Waals surface area contributed by atoms with Crippen LogP contribution in [0.4, 0.5) is 5.69 Å². The second kappa shape index (κ2) is 4.70. The summed E-state index contributed by atoms with van der Waals surface area (Å²) in [6, 6.07) is 11.1. The molecule has 3 nitrogen and oxygen atoms in total. The van der Waals surface area contributed by atoms with Crippen molar-refractivity contribution >= 4 is 40.1 Å². The predicted octanol–water partition coefficient (Wildman–Crippen LogP) is 3.71. The molecule has 0 aromatic heterocycles. The molecule has 0 atom stereocenters. The monoisotopic (exact) mass is 377 g/mol. The van der Waals surface area contributed by atoms with Crippen LogP contribution >= 0.6 is 22.6 Å². The first-order valence-electron chi connectivity index (χ1n) is 6.25. The number of benzene rings is 2. The Morgan fingerprint density at radius 3 is 1.70 bits per heavy atom. The van der Waals surface area contributed by atoms with E-state index >= 15 is 0 Å². The second-order valence-corrected chi connectivity index (χ2v) is 6.12. The van der Waals surface area contributed by atoms with Crippen LogP contribution in [0.15, 0.2) is 36.4 Å². The van der Waals surface area contributed by atoms with Crippen molar-refractivity contribution in [2.75, 3.05) is 4.90 Å². The SMILES string of the molecule is Cc1ccc(C)c2c1C(=O)N(c1ccc(I)cc1)C2=O. The molecule has 2 amide bonds. The van der Waals surface area contributed by atoms with E-state index in [4.69, 9.17) is 0 Å². The molecule has 0 N–H and O–H groups in total.